The van der Waals surface area contributed by atoms with Gasteiger partial charge in [0, 0.05) is 0 Å². The molecule has 0 heterocycles. The molecule has 0 aliphatic heterocycles. The molecule has 0 radical (unpaired) electrons. The van der Waals surface area contributed by atoms with E-state index in [0.717, 1.165) is 18.2 Å². The zero-order chi connectivity index (χ0) is 25.6. The topological polar surface area (TPSA) is 0 Å². The van der Waals surface area contributed by atoms with Gasteiger partial charge < -0.3 is 0 Å². The first kappa shape index (κ1) is 25.6. The van der Waals surface area contributed by atoms with Gasteiger partial charge in [-0.1, -0.05) is 57.8 Å². The third kappa shape index (κ3) is 5.23. The molecule has 3 aromatic rings. The largest absolute Gasteiger partial charge is 0.416 e. The minimum absolute atomic E-state index is 0.00464. The van der Waals surface area contributed by atoms with E-state index in [0.29, 0.717) is 36.4 Å². The van der Waals surface area contributed by atoms with Gasteiger partial charge in [-0.05, 0) is 38.1 Å². The van der Waals surface area contributed by atoms with E-state index in [9.17, 15) is 43.9 Å². The van der Waals surface area contributed by atoms with Crippen LogP contribution in [0.2, 0.25) is 0 Å². The van der Waals surface area contributed by atoms with Gasteiger partial charge >= 0.3 is 18.5 Å². The van der Waals surface area contributed by atoms with E-state index in [2.05, 4.69) is 0 Å². The molecular formula is C23H15BF10. The van der Waals surface area contributed by atoms with Crippen LogP contribution in [0.3, 0.4) is 0 Å². The maximum atomic E-state index is 14.1. The van der Waals surface area contributed by atoms with Crippen molar-refractivity contribution in [1.82, 2.24) is 0 Å². The van der Waals surface area contributed by atoms with Gasteiger partial charge in [-0.15, -0.1) is 0 Å². The number of hydrogen-bond donors (Lipinski definition) is 0. The highest BCUT2D eigenvalue weighted by molar-refractivity contribution is 6.96. The Bertz CT molecular complexity index is 1140. The Balaban J connectivity index is 2.51. The van der Waals surface area contributed by atoms with Crippen molar-refractivity contribution < 1.29 is 43.9 Å². The first-order chi connectivity index (χ1) is 15.5. The van der Waals surface area contributed by atoms with Crippen LogP contribution in [0.1, 0.15) is 27.8 Å². The van der Waals surface area contributed by atoms with Crippen LogP contribution in [0, 0.1) is 19.7 Å². The fraction of sp³-hybridized carbons (Fsp3) is 0.217. The summed E-state index contributed by atoms with van der Waals surface area (Å²) in [5.41, 5.74) is -5.92. The first-order valence-corrected chi connectivity index (χ1v) is 9.72. The van der Waals surface area contributed by atoms with Gasteiger partial charge in [0.1, 0.15) is 5.82 Å². The van der Waals surface area contributed by atoms with Crippen molar-refractivity contribution in [3.05, 3.63) is 88.2 Å². The van der Waals surface area contributed by atoms with E-state index >= 15 is 0 Å². The first-order valence-electron chi connectivity index (χ1n) is 9.72. The molecule has 3 rings (SSSR count). The zero-order valence-corrected chi connectivity index (χ0v) is 17.6. The molecule has 0 saturated carbocycles. The van der Waals surface area contributed by atoms with Crippen LogP contribution >= 0.6 is 0 Å². The van der Waals surface area contributed by atoms with Crippen LogP contribution in [0.25, 0.3) is 0 Å². The third-order valence-electron chi connectivity index (χ3n) is 5.37. The molecule has 0 amide bonds. The Hall–Kier alpha value is -2.98. The van der Waals surface area contributed by atoms with Crippen molar-refractivity contribution in [2.45, 2.75) is 32.4 Å². The lowest BCUT2D eigenvalue weighted by Crippen LogP contribution is -2.57. The molecule has 34 heavy (non-hydrogen) atoms. The molecule has 0 spiro atoms. The number of halogens is 10. The molecule has 180 valence electrons. The quantitative estimate of drug-likeness (QED) is 0.310. The third-order valence-corrected chi connectivity index (χ3v) is 5.37. The molecule has 0 unspecified atom stereocenters. The highest BCUT2D eigenvalue weighted by atomic mass is 19.4. The fourth-order valence-electron chi connectivity index (χ4n) is 3.84. The van der Waals surface area contributed by atoms with Crippen LogP contribution in [-0.2, 0) is 18.5 Å². The molecule has 0 aliphatic rings. The number of alkyl halides is 9. The summed E-state index contributed by atoms with van der Waals surface area (Å²) in [6.07, 6.45) is -15.1. The fourth-order valence-corrected chi connectivity index (χ4v) is 3.84. The van der Waals surface area contributed by atoms with Gasteiger partial charge in [0.15, 0.2) is 0 Å². The van der Waals surface area contributed by atoms with Crippen molar-refractivity contribution in [1.29, 1.82) is 0 Å². The second-order valence-corrected chi connectivity index (χ2v) is 7.82. The van der Waals surface area contributed by atoms with Crippen molar-refractivity contribution in [3.8, 4) is 0 Å². The van der Waals surface area contributed by atoms with Gasteiger partial charge in [0.25, 0.3) is 0 Å². The van der Waals surface area contributed by atoms with E-state index in [1.54, 1.807) is 0 Å². The summed E-state index contributed by atoms with van der Waals surface area (Å²) in [5.74, 6) is -1.18. The van der Waals surface area contributed by atoms with Crippen LogP contribution < -0.4 is 16.4 Å². The molecule has 0 bridgehead atoms. The minimum Gasteiger partial charge on any atom is -0.207 e. The highest BCUT2D eigenvalue weighted by Gasteiger charge is 2.43. The summed E-state index contributed by atoms with van der Waals surface area (Å²) in [7, 11) is 0. The minimum atomic E-state index is -5.11. The van der Waals surface area contributed by atoms with Crippen LogP contribution in [-0.4, -0.2) is 6.71 Å². The normalized spacial score (nSPS) is 12.7. The van der Waals surface area contributed by atoms with Crippen molar-refractivity contribution in [2.24, 2.45) is 0 Å². The Morgan fingerprint density at radius 3 is 1.62 bits per heavy atom. The molecule has 3 aromatic carbocycles. The molecule has 0 aliphatic carbocycles. The smallest absolute Gasteiger partial charge is 0.207 e. The van der Waals surface area contributed by atoms with Gasteiger partial charge in [-0.2, -0.15) is 39.5 Å². The van der Waals surface area contributed by atoms with Crippen molar-refractivity contribution in [3.63, 3.8) is 0 Å². The predicted molar refractivity (Wildman–Crippen MR) is 108 cm³/mol. The molecular weight excluding hydrogens is 477 g/mol. The Morgan fingerprint density at radius 2 is 1.09 bits per heavy atom. The number of hydrogen-bond acceptors (Lipinski definition) is 0. The lowest BCUT2D eigenvalue weighted by Gasteiger charge is -2.25. The lowest BCUT2D eigenvalue weighted by molar-refractivity contribution is -0.138. The molecule has 0 saturated heterocycles. The Kier molecular flexibility index (Phi) is 6.54. The molecule has 0 nitrogen and oxygen atoms in total. The number of benzene rings is 3. The summed E-state index contributed by atoms with van der Waals surface area (Å²) in [6, 6.07) is 6.09. The average Bonchev–Trinajstić information content (AvgIpc) is 2.67. The zero-order valence-electron chi connectivity index (χ0n) is 17.6. The van der Waals surface area contributed by atoms with Crippen LogP contribution in [0.5, 0.6) is 0 Å². The van der Waals surface area contributed by atoms with Crippen LogP contribution in [0.4, 0.5) is 43.9 Å². The van der Waals surface area contributed by atoms with Gasteiger partial charge in [0.2, 0.25) is 6.71 Å². The maximum absolute atomic E-state index is 14.1. The summed E-state index contributed by atoms with van der Waals surface area (Å²) in [4.78, 5) is 0. The van der Waals surface area contributed by atoms with E-state index in [1.165, 1.54) is 13.8 Å². The van der Waals surface area contributed by atoms with Gasteiger partial charge in [0.05, 0.1) is 16.7 Å². The standard InChI is InChI=1S/C23H15BF10/c1-12-3-7-16(22(29,30)31)19(9-12)24(18-10-14(21(26,27)28)5-4-13(18)2)20-11-15(25)6-8-17(20)23(32,33)34/h3-11H,1-2H3. The Labute approximate surface area is 188 Å². The molecule has 0 aromatic heterocycles. The molecule has 0 fully saturated rings. The van der Waals surface area contributed by atoms with Gasteiger partial charge in [-0.3, -0.25) is 0 Å². The van der Waals surface area contributed by atoms with E-state index in [-0.39, 0.29) is 11.1 Å². The van der Waals surface area contributed by atoms with Crippen molar-refractivity contribution >= 4 is 23.1 Å². The van der Waals surface area contributed by atoms with Crippen LogP contribution in [0.15, 0.2) is 54.6 Å². The summed E-state index contributed by atoms with van der Waals surface area (Å²) in [6.45, 7) is 0.653. The molecule has 0 N–H and O–H groups in total. The maximum Gasteiger partial charge on any atom is 0.416 e. The van der Waals surface area contributed by atoms with Gasteiger partial charge in [-0.25, -0.2) is 4.39 Å². The second kappa shape index (κ2) is 8.67. The predicted octanol–water partition coefficient (Wildman–Crippen LogP) is 6.02. The average molecular weight is 492 g/mol. The molecule has 11 heteroatoms. The summed E-state index contributed by atoms with van der Waals surface area (Å²) < 4.78 is 138. The van der Waals surface area contributed by atoms with E-state index in [4.69, 9.17) is 0 Å². The monoisotopic (exact) mass is 492 g/mol. The summed E-state index contributed by atoms with van der Waals surface area (Å²) >= 11 is 0. The second-order valence-electron chi connectivity index (χ2n) is 7.82. The number of rotatable bonds is 3. The lowest BCUT2D eigenvalue weighted by atomic mass is 9.34. The summed E-state index contributed by atoms with van der Waals surface area (Å²) in [5, 5.41) is 0. The number of aryl methyl sites for hydroxylation is 2. The molecule has 0 atom stereocenters. The SMILES string of the molecule is Cc1ccc(C(F)(F)F)c(B(c2cc(C(F)(F)F)ccc2C)c2cc(F)ccc2C(F)(F)F)c1. The van der Waals surface area contributed by atoms with E-state index < -0.39 is 64.1 Å². The van der Waals surface area contributed by atoms with Crippen molar-refractivity contribution in [2.75, 3.05) is 0 Å². The highest BCUT2D eigenvalue weighted by Crippen LogP contribution is 2.32. The Morgan fingerprint density at radius 1 is 0.559 bits per heavy atom. The van der Waals surface area contributed by atoms with E-state index in [1.807, 2.05) is 0 Å².